The molecule has 2 aromatic rings. The van der Waals surface area contributed by atoms with Gasteiger partial charge < -0.3 is 9.64 Å². The molecule has 2 unspecified atom stereocenters. The van der Waals surface area contributed by atoms with Crippen LogP contribution in [0.25, 0.3) is 11.3 Å². The predicted molar refractivity (Wildman–Crippen MR) is 104 cm³/mol. The van der Waals surface area contributed by atoms with Crippen molar-refractivity contribution in [2.24, 2.45) is 16.8 Å². The second-order valence-corrected chi connectivity index (χ2v) is 7.28. The van der Waals surface area contributed by atoms with Gasteiger partial charge in [0.05, 0.1) is 25.0 Å². The molecule has 0 radical (unpaired) electrons. The molecule has 1 aliphatic carbocycles. The van der Waals surface area contributed by atoms with Gasteiger partial charge in [0.15, 0.2) is 0 Å². The molecule has 2 atom stereocenters. The Morgan fingerprint density at radius 1 is 1.27 bits per heavy atom. The summed E-state index contributed by atoms with van der Waals surface area (Å²) in [5.74, 6) is 2.60. The molecule has 26 heavy (non-hydrogen) atoms. The molecule has 0 saturated heterocycles. The van der Waals surface area contributed by atoms with E-state index in [0.717, 1.165) is 54.2 Å². The quantitative estimate of drug-likeness (QED) is 0.800. The van der Waals surface area contributed by atoms with Crippen molar-refractivity contribution in [2.75, 3.05) is 31.6 Å². The predicted octanol–water partition coefficient (Wildman–Crippen LogP) is 3.34. The number of hydrogen-bond donors (Lipinski definition) is 1. The van der Waals surface area contributed by atoms with Crippen molar-refractivity contribution in [1.82, 2.24) is 15.4 Å². The summed E-state index contributed by atoms with van der Waals surface area (Å²) < 4.78 is 5.58. The number of rotatable bonds is 1. The third-order valence-corrected chi connectivity index (χ3v) is 5.22. The van der Waals surface area contributed by atoms with Crippen LogP contribution in [0.1, 0.15) is 20.3 Å². The fourth-order valence-corrected chi connectivity index (χ4v) is 3.51. The number of aromatic nitrogens is 3. The molecule has 1 N–H and O–H groups in total. The van der Waals surface area contributed by atoms with E-state index in [4.69, 9.17) is 4.74 Å². The van der Waals surface area contributed by atoms with Crippen molar-refractivity contribution in [3.05, 3.63) is 36.0 Å². The first-order chi connectivity index (χ1) is 12.6. The molecule has 3 heterocycles. The van der Waals surface area contributed by atoms with Gasteiger partial charge in [-0.05, 0) is 44.4 Å². The van der Waals surface area contributed by atoms with Crippen LogP contribution in [0.5, 0.6) is 5.75 Å². The highest BCUT2D eigenvalue weighted by Crippen LogP contribution is 2.42. The molecule has 0 spiro atoms. The summed E-state index contributed by atoms with van der Waals surface area (Å²) in [5.41, 5.74) is 5.82. The van der Waals surface area contributed by atoms with Gasteiger partial charge >= 0.3 is 0 Å². The smallest absolute Gasteiger partial charge is 0.142 e. The van der Waals surface area contributed by atoms with Crippen molar-refractivity contribution >= 4 is 11.4 Å². The molecule has 6 nitrogen and oxygen atoms in total. The Kier molecular flexibility index (Phi) is 4.49. The number of allylic oxidation sites excluding steroid dienone is 1. The average Bonchev–Trinajstić information content (AvgIpc) is 3.22. The van der Waals surface area contributed by atoms with Gasteiger partial charge in [0.2, 0.25) is 0 Å². The van der Waals surface area contributed by atoms with Gasteiger partial charge in [-0.2, -0.15) is 15.4 Å². The largest absolute Gasteiger partial charge is 0.490 e. The van der Waals surface area contributed by atoms with Crippen molar-refractivity contribution in [3.63, 3.8) is 0 Å². The monoisotopic (exact) mass is 351 g/mol. The topological polar surface area (TPSA) is 66.4 Å². The summed E-state index contributed by atoms with van der Waals surface area (Å²) in [7, 11) is 2.06. The van der Waals surface area contributed by atoms with Gasteiger partial charge in [0.1, 0.15) is 18.1 Å². The third-order valence-electron chi connectivity index (χ3n) is 5.22. The lowest BCUT2D eigenvalue weighted by molar-refractivity contribution is 0.311. The Labute approximate surface area is 154 Å². The van der Waals surface area contributed by atoms with E-state index in [1.807, 2.05) is 12.1 Å². The zero-order chi connectivity index (χ0) is 18.1. The number of nitrogens with zero attached hydrogens (tertiary/aromatic N) is 4. The Morgan fingerprint density at radius 2 is 2.15 bits per heavy atom. The number of hydrogen-bond acceptors (Lipinski definition) is 5. The zero-order valence-corrected chi connectivity index (χ0v) is 15.6. The highest BCUT2D eigenvalue weighted by Gasteiger charge is 2.38. The van der Waals surface area contributed by atoms with Crippen molar-refractivity contribution in [1.29, 1.82) is 0 Å². The number of fused-ring (bicyclic) bond motifs is 2. The van der Waals surface area contributed by atoms with Crippen LogP contribution in [-0.2, 0) is 0 Å². The minimum Gasteiger partial charge on any atom is -0.490 e. The van der Waals surface area contributed by atoms with E-state index in [1.165, 1.54) is 17.7 Å². The second kappa shape index (κ2) is 6.94. The lowest BCUT2D eigenvalue weighted by atomic mass is 10.1. The van der Waals surface area contributed by atoms with Crippen molar-refractivity contribution in [3.8, 4) is 17.0 Å². The number of likely N-dealkylation sites (N-methyl/N-ethyl adjacent to an activating group) is 1. The minimum atomic E-state index is 0.743. The van der Waals surface area contributed by atoms with Gasteiger partial charge in [-0.25, -0.2) is 0 Å². The molecule has 136 valence electrons. The summed E-state index contributed by atoms with van der Waals surface area (Å²) in [6, 6.07) is 6.05. The maximum atomic E-state index is 5.58. The van der Waals surface area contributed by atoms with Crippen LogP contribution < -0.4 is 9.64 Å². The van der Waals surface area contributed by atoms with E-state index in [-0.39, 0.29) is 0 Å². The van der Waals surface area contributed by atoms with Gasteiger partial charge in [-0.15, -0.1) is 0 Å². The SMILES string of the molecule is CC1=CC2CC2C(C)=NC1.CN1CCOc2ccc(-c3cn[nH]n3)cc21. The Balaban J connectivity index is 0.000000144. The molecule has 0 bridgehead atoms. The normalized spacial score (nSPS) is 23.3. The van der Waals surface area contributed by atoms with E-state index in [0.29, 0.717) is 0 Å². The lowest BCUT2D eigenvalue weighted by Crippen LogP contribution is -2.28. The first-order valence-electron chi connectivity index (χ1n) is 9.14. The number of nitrogens with one attached hydrogen (secondary N) is 1. The fraction of sp³-hybridized carbons (Fsp3) is 0.450. The van der Waals surface area contributed by atoms with Gasteiger partial charge in [-0.3, -0.25) is 4.99 Å². The number of aromatic amines is 1. The van der Waals surface area contributed by atoms with E-state index < -0.39 is 0 Å². The summed E-state index contributed by atoms with van der Waals surface area (Å²) in [5, 5.41) is 10.5. The molecule has 6 heteroatoms. The van der Waals surface area contributed by atoms with Crippen LogP contribution >= 0.6 is 0 Å². The Morgan fingerprint density at radius 3 is 2.96 bits per heavy atom. The highest BCUT2D eigenvalue weighted by molar-refractivity contribution is 5.87. The van der Waals surface area contributed by atoms with Crippen LogP contribution in [0, 0.1) is 11.8 Å². The van der Waals surface area contributed by atoms with Crippen LogP contribution in [0.3, 0.4) is 0 Å². The van der Waals surface area contributed by atoms with Gasteiger partial charge in [-0.1, -0.05) is 11.6 Å². The summed E-state index contributed by atoms with van der Waals surface area (Å²) in [6.45, 7) is 6.94. The van der Waals surface area contributed by atoms with Gasteiger partial charge in [0, 0.05) is 24.2 Å². The van der Waals surface area contributed by atoms with E-state index in [1.54, 1.807) is 6.20 Å². The van der Waals surface area contributed by atoms with E-state index in [2.05, 4.69) is 58.3 Å². The van der Waals surface area contributed by atoms with Crippen LogP contribution in [0.15, 0.2) is 41.0 Å². The summed E-state index contributed by atoms with van der Waals surface area (Å²) in [4.78, 5) is 6.66. The third kappa shape index (κ3) is 3.49. The van der Waals surface area contributed by atoms with Crippen LogP contribution in [-0.4, -0.2) is 47.9 Å². The first kappa shape index (κ1) is 16.8. The maximum absolute atomic E-state index is 5.58. The lowest BCUT2D eigenvalue weighted by Gasteiger charge is -2.27. The fourth-order valence-electron chi connectivity index (χ4n) is 3.51. The molecule has 1 saturated carbocycles. The molecule has 0 amide bonds. The van der Waals surface area contributed by atoms with E-state index in [9.17, 15) is 0 Å². The molecular formula is C20H25N5O. The Hall–Kier alpha value is -2.63. The molecule has 2 aliphatic heterocycles. The molecule has 1 aromatic heterocycles. The second-order valence-electron chi connectivity index (χ2n) is 7.28. The van der Waals surface area contributed by atoms with Crippen molar-refractivity contribution < 1.29 is 4.74 Å². The molecular weight excluding hydrogens is 326 g/mol. The maximum Gasteiger partial charge on any atom is 0.142 e. The number of ether oxygens (including phenoxy) is 1. The van der Waals surface area contributed by atoms with E-state index >= 15 is 0 Å². The number of anilines is 1. The zero-order valence-electron chi connectivity index (χ0n) is 15.6. The highest BCUT2D eigenvalue weighted by atomic mass is 16.5. The number of H-pyrrole nitrogens is 1. The molecule has 1 fully saturated rings. The number of benzene rings is 1. The van der Waals surface area contributed by atoms with Crippen LogP contribution in [0.2, 0.25) is 0 Å². The van der Waals surface area contributed by atoms with Crippen molar-refractivity contribution in [2.45, 2.75) is 20.3 Å². The molecule has 5 rings (SSSR count). The standard InChI is InChI=1S/C11H12N4O.C9H13N/c1-15-4-5-16-11-3-2-8(6-10(11)15)9-7-12-14-13-9;1-6-3-8-4-9(8)7(2)10-5-6/h2-3,6-7H,4-5H2,1H3,(H,12,13,14);3,8-9H,4-5H2,1-2H3. The first-order valence-corrected chi connectivity index (χ1v) is 9.14. The number of aliphatic imine (C=N–C) groups is 1. The summed E-state index contributed by atoms with van der Waals surface area (Å²) in [6.07, 6.45) is 5.46. The average molecular weight is 351 g/mol. The molecule has 3 aliphatic rings. The van der Waals surface area contributed by atoms with Gasteiger partial charge in [0.25, 0.3) is 0 Å². The summed E-state index contributed by atoms with van der Waals surface area (Å²) >= 11 is 0. The van der Waals surface area contributed by atoms with Crippen LogP contribution in [0.4, 0.5) is 5.69 Å². The Bertz CT molecular complexity index is 840. The molecule has 1 aromatic carbocycles. The minimum absolute atomic E-state index is 0.743.